The SMILES string of the molecule is Cc1ccc(N(C)c2ccc(C=O)cc2C#N)c(C)c1. The van der Waals surface area contributed by atoms with Crippen LogP contribution in [0.2, 0.25) is 0 Å². The first-order valence-corrected chi connectivity index (χ1v) is 6.37. The number of nitriles is 1. The molecule has 2 rings (SSSR count). The molecule has 0 spiro atoms. The first-order valence-electron chi connectivity index (χ1n) is 6.37. The Bertz CT molecular complexity index is 699. The summed E-state index contributed by atoms with van der Waals surface area (Å²) < 4.78 is 0. The van der Waals surface area contributed by atoms with Gasteiger partial charge in [-0.2, -0.15) is 5.26 Å². The number of hydrogen-bond acceptors (Lipinski definition) is 3. The van der Waals surface area contributed by atoms with E-state index in [9.17, 15) is 10.1 Å². The number of rotatable bonds is 3. The average Bonchev–Trinajstić information content (AvgIpc) is 2.46. The van der Waals surface area contributed by atoms with Gasteiger partial charge in [0, 0.05) is 18.3 Å². The second-order valence-electron chi connectivity index (χ2n) is 4.86. The van der Waals surface area contributed by atoms with E-state index in [-0.39, 0.29) is 0 Å². The normalized spacial score (nSPS) is 9.90. The molecule has 2 aromatic carbocycles. The van der Waals surface area contributed by atoms with Gasteiger partial charge in [-0.15, -0.1) is 0 Å². The molecule has 0 radical (unpaired) electrons. The molecule has 0 atom stereocenters. The molecule has 0 N–H and O–H groups in total. The lowest BCUT2D eigenvalue weighted by atomic mass is 10.1. The number of carbonyl (C=O) groups is 1. The monoisotopic (exact) mass is 264 g/mol. The van der Waals surface area contributed by atoms with Gasteiger partial charge < -0.3 is 4.90 Å². The van der Waals surface area contributed by atoms with Crippen LogP contribution in [0.5, 0.6) is 0 Å². The quantitative estimate of drug-likeness (QED) is 0.793. The van der Waals surface area contributed by atoms with Crippen molar-refractivity contribution in [3.05, 3.63) is 58.7 Å². The van der Waals surface area contributed by atoms with Crippen molar-refractivity contribution in [1.82, 2.24) is 0 Å². The van der Waals surface area contributed by atoms with Crippen molar-refractivity contribution in [2.75, 3.05) is 11.9 Å². The third-order valence-electron chi connectivity index (χ3n) is 3.35. The van der Waals surface area contributed by atoms with Crippen LogP contribution in [0.1, 0.15) is 27.0 Å². The number of anilines is 2. The zero-order valence-electron chi connectivity index (χ0n) is 11.8. The summed E-state index contributed by atoms with van der Waals surface area (Å²) >= 11 is 0. The van der Waals surface area contributed by atoms with E-state index in [0.717, 1.165) is 23.2 Å². The molecule has 3 heteroatoms. The molecule has 0 aliphatic rings. The number of aldehydes is 1. The summed E-state index contributed by atoms with van der Waals surface area (Å²) in [5.74, 6) is 0. The van der Waals surface area contributed by atoms with E-state index in [2.05, 4.69) is 19.1 Å². The van der Waals surface area contributed by atoms with E-state index in [0.29, 0.717) is 11.1 Å². The molecule has 20 heavy (non-hydrogen) atoms. The zero-order chi connectivity index (χ0) is 14.7. The third-order valence-corrected chi connectivity index (χ3v) is 3.35. The van der Waals surface area contributed by atoms with Gasteiger partial charge in [0.25, 0.3) is 0 Å². The Morgan fingerprint density at radius 3 is 2.40 bits per heavy atom. The first kappa shape index (κ1) is 13.8. The van der Waals surface area contributed by atoms with Gasteiger partial charge in [0.2, 0.25) is 0 Å². The maximum atomic E-state index is 10.8. The van der Waals surface area contributed by atoms with Crippen LogP contribution in [0, 0.1) is 25.2 Å². The van der Waals surface area contributed by atoms with Crippen LogP contribution >= 0.6 is 0 Å². The molecule has 0 aliphatic heterocycles. The Hall–Kier alpha value is -2.60. The highest BCUT2D eigenvalue weighted by atomic mass is 16.1. The van der Waals surface area contributed by atoms with Crippen molar-refractivity contribution in [3.8, 4) is 6.07 Å². The molecule has 0 heterocycles. The van der Waals surface area contributed by atoms with E-state index in [4.69, 9.17) is 0 Å². The molecule has 100 valence electrons. The molecule has 0 bridgehead atoms. The number of carbonyl (C=O) groups excluding carboxylic acids is 1. The summed E-state index contributed by atoms with van der Waals surface area (Å²) in [6, 6.07) is 13.5. The van der Waals surface area contributed by atoms with Crippen LogP contribution in [-0.2, 0) is 0 Å². The predicted molar refractivity (Wildman–Crippen MR) is 80.5 cm³/mol. The highest BCUT2D eigenvalue weighted by Gasteiger charge is 2.12. The Kier molecular flexibility index (Phi) is 3.86. The standard InChI is InChI=1S/C17H16N2O/c1-12-4-6-16(13(2)8-12)19(3)17-7-5-14(11-20)9-15(17)10-18/h4-9,11H,1-3H3. The summed E-state index contributed by atoms with van der Waals surface area (Å²) in [5, 5.41) is 9.26. The zero-order valence-corrected chi connectivity index (χ0v) is 11.8. The fourth-order valence-electron chi connectivity index (χ4n) is 2.32. The summed E-state index contributed by atoms with van der Waals surface area (Å²) in [7, 11) is 1.93. The second kappa shape index (κ2) is 5.58. The number of benzene rings is 2. The minimum absolute atomic E-state index is 0.497. The van der Waals surface area contributed by atoms with Crippen LogP contribution in [0.3, 0.4) is 0 Å². The first-order chi connectivity index (χ1) is 9.56. The number of aryl methyl sites for hydroxylation is 2. The van der Waals surface area contributed by atoms with Gasteiger partial charge in [-0.25, -0.2) is 0 Å². The Morgan fingerprint density at radius 1 is 1.10 bits per heavy atom. The average molecular weight is 264 g/mol. The van der Waals surface area contributed by atoms with Crippen molar-refractivity contribution in [2.45, 2.75) is 13.8 Å². The van der Waals surface area contributed by atoms with Crippen LogP contribution < -0.4 is 4.90 Å². The predicted octanol–water partition coefficient (Wildman–Crippen LogP) is 3.76. The molecule has 3 nitrogen and oxygen atoms in total. The van der Waals surface area contributed by atoms with Crippen LogP contribution in [0.15, 0.2) is 36.4 Å². The van der Waals surface area contributed by atoms with Crippen LogP contribution in [0.25, 0.3) is 0 Å². The Labute approximate surface area is 119 Å². The van der Waals surface area contributed by atoms with E-state index in [1.54, 1.807) is 12.1 Å². The Balaban J connectivity index is 2.50. The minimum atomic E-state index is 0.497. The highest BCUT2D eigenvalue weighted by molar-refractivity contribution is 5.80. The van der Waals surface area contributed by atoms with Crippen molar-refractivity contribution in [2.24, 2.45) is 0 Å². The largest absolute Gasteiger partial charge is 0.343 e. The van der Waals surface area contributed by atoms with Crippen molar-refractivity contribution in [1.29, 1.82) is 5.26 Å². The molecule has 0 aliphatic carbocycles. The fourth-order valence-corrected chi connectivity index (χ4v) is 2.32. The molecule has 2 aromatic rings. The van der Waals surface area contributed by atoms with E-state index in [1.165, 1.54) is 5.56 Å². The lowest BCUT2D eigenvalue weighted by Crippen LogP contribution is -2.12. The summed E-state index contributed by atoms with van der Waals surface area (Å²) in [4.78, 5) is 12.8. The van der Waals surface area contributed by atoms with Gasteiger partial charge in [0.05, 0.1) is 11.3 Å². The summed E-state index contributed by atoms with van der Waals surface area (Å²) in [6.07, 6.45) is 0.752. The van der Waals surface area contributed by atoms with Gasteiger partial charge in [0.15, 0.2) is 0 Å². The lowest BCUT2D eigenvalue weighted by Gasteiger charge is -2.23. The minimum Gasteiger partial charge on any atom is -0.343 e. The second-order valence-corrected chi connectivity index (χ2v) is 4.86. The van der Waals surface area contributed by atoms with E-state index >= 15 is 0 Å². The summed E-state index contributed by atoms with van der Waals surface area (Å²) in [6.45, 7) is 4.10. The topological polar surface area (TPSA) is 44.1 Å². The van der Waals surface area contributed by atoms with E-state index < -0.39 is 0 Å². The molecule has 0 saturated carbocycles. The number of nitrogens with zero attached hydrogens (tertiary/aromatic N) is 2. The molecular weight excluding hydrogens is 248 g/mol. The van der Waals surface area contributed by atoms with Gasteiger partial charge >= 0.3 is 0 Å². The van der Waals surface area contributed by atoms with Gasteiger partial charge in [-0.3, -0.25) is 4.79 Å². The molecule has 0 amide bonds. The van der Waals surface area contributed by atoms with Crippen LogP contribution in [-0.4, -0.2) is 13.3 Å². The third kappa shape index (κ3) is 2.55. The smallest absolute Gasteiger partial charge is 0.150 e. The molecular formula is C17H16N2O. The molecule has 0 aromatic heterocycles. The van der Waals surface area contributed by atoms with Crippen LogP contribution in [0.4, 0.5) is 11.4 Å². The molecule has 0 saturated heterocycles. The Morgan fingerprint density at radius 2 is 1.80 bits per heavy atom. The van der Waals surface area contributed by atoms with Gasteiger partial charge in [-0.1, -0.05) is 17.7 Å². The van der Waals surface area contributed by atoms with E-state index in [1.807, 2.05) is 37.1 Å². The van der Waals surface area contributed by atoms with Gasteiger partial charge in [-0.05, 0) is 43.7 Å². The van der Waals surface area contributed by atoms with Crippen molar-refractivity contribution >= 4 is 17.7 Å². The maximum absolute atomic E-state index is 10.8. The van der Waals surface area contributed by atoms with Gasteiger partial charge in [0.1, 0.15) is 12.4 Å². The summed E-state index contributed by atoms with van der Waals surface area (Å²) in [5.41, 5.74) is 5.21. The lowest BCUT2D eigenvalue weighted by molar-refractivity contribution is 0.112. The molecule has 0 fully saturated rings. The number of hydrogen-bond donors (Lipinski definition) is 0. The molecule has 0 unspecified atom stereocenters. The van der Waals surface area contributed by atoms with Crippen molar-refractivity contribution in [3.63, 3.8) is 0 Å². The fraction of sp³-hybridized carbons (Fsp3) is 0.176. The maximum Gasteiger partial charge on any atom is 0.150 e. The van der Waals surface area contributed by atoms with Crippen molar-refractivity contribution < 1.29 is 4.79 Å². The highest BCUT2D eigenvalue weighted by Crippen LogP contribution is 2.30.